The highest BCUT2D eigenvalue weighted by Crippen LogP contribution is 2.24. The normalized spacial score (nSPS) is 17.2. The van der Waals surface area contributed by atoms with Crippen molar-refractivity contribution in [2.24, 2.45) is 12.0 Å². The molecule has 7 nitrogen and oxygen atoms in total. The van der Waals surface area contributed by atoms with Crippen molar-refractivity contribution in [3.8, 4) is 0 Å². The highest BCUT2D eigenvalue weighted by molar-refractivity contribution is 6.05. The van der Waals surface area contributed by atoms with E-state index in [-0.39, 0.29) is 5.69 Å². The molecule has 20 heavy (non-hydrogen) atoms. The molecule has 0 amide bonds. The number of nitrogens with one attached hydrogen (secondary N) is 2. The summed E-state index contributed by atoms with van der Waals surface area (Å²) < 4.78 is 1.02. The van der Waals surface area contributed by atoms with Gasteiger partial charge in [0.15, 0.2) is 17.3 Å². The summed E-state index contributed by atoms with van der Waals surface area (Å²) in [4.78, 5) is 30.8. The Morgan fingerprint density at radius 2 is 2.05 bits per heavy atom. The number of anilines is 1. The number of amidine groups is 1. The zero-order valence-corrected chi connectivity index (χ0v) is 11.3. The molecule has 2 N–H and O–H groups in total. The van der Waals surface area contributed by atoms with Gasteiger partial charge in [0.25, 0.3) is 5.56 Å². The number of H-pyrrole nitrogens is 1. The van der Waals surface area contributed by atoms with Crippen LogP contribution in [0.2, 0.25) is 0 Å². The SMILES string of the molecule is CN1NC(C2=CCCC=C2)=Nc2c1[nH]c(=O)n(C)c2=O. The molecule has 0 radical (unpaired) electrons. The maximum Gasteiger partial charge on any atom is 0.329 e. The van der Waals surface area contributed by atoms with Gasteiger partial charge in [-0.2, -0.15) is 0 Å². The van der Waals surface area contributed by atoms with Gasteiger partial charge in [-0.1, -0.05) is 18.2 Å². The van der Waals surface area contributed by atoms with Crippen LogP contribution < -0.4 is 21.7 Å². The third kappa shape index (κ3) is 1.87. The lowest BCUT2D eigenvalue weighted by Crippen LogP contribution is -2.46. The van der Waals surface area contributed by atoms with Crippen LogP contribution in [0.4, 0.5) is 11.5 Å². The van der Waals surface area contributed by atoms with Gasteiger partial charge < -0.3 is 0 Å². The first-order valence-corrected chi connectivity index (χ1v) is 6.37. The largest absolute Gasteiger partial charge is 0.329 e. The first kappa shape index (κ1) is 12.5. The smallest absolute Gasteiger partial charge is 0.290 e. The first-order chi connectivity index (χ1) is 9.58. The summed E-state index contributed by atoms with van der Waals surface area (Å²) in [7, 11) is 3.16. The van der Waals surface area contributed by atoms with Crippen LogP contribution in [0.5, 0.6) is 0 Å². The van der Waals surface area contributed by atoms with E-state index in [9.17, 15) is 9.59 Å². The van der Waals surface area contributed by atoms with Crippen LogP contribution in [0.25, 0.3) is 0 Å². The number of aromatic amines is 1. The third-order valence-corrected chi connectivity index (χ3v) is 3.36. The molecule has 0 saturated heterocycles. The Hall–Kier alpha value is -2.57. The van der Waals surface area contributed by atoms with E-state index in [4.69, 9.17) is 0 Å². The van der Waals surface area contributed by atoms with Gasteiger partial charge in [0.05, 0.1) is 0 Å². The van der Waals surface area contributed by atoms with E-state index < -0.39 is 11.2 Å². The van der Waals surface area contributed by atoms with Gasteiger partial charge in [-0.05, 0) is 12.8 Å². The van der Waals surface area contributed by atoms with Gasteiger partial charge in [-0.15, -0.1) is 0 Å². The van der Waals surface area contributed by atoms with Crippen molar-refractivity contribution in [1.29, 1.82) is 0 Å². The molecule has 0 fully saturated rings. The molecule has 3 rings (SSSR count). The second kappa shape index (κ2) is 4.52. The molecule has 0 spiro atoms. The zero-order valence-electron chi connectivity index (χ0n) is 11.3. The van der Waals surface area contributed by atoms with Crippen molar-refractivity contribution < 1.29 is 0 Å². The Morgan fingerprint density at radius 1 is 1.25 bits per heavy atom. The highest BCUT2D eigenvalue weighted by Gasteiger charge is 2.22. The Morgan fingerprint density at radius 3 is 2.75 bits per heavy atom. The minimum absolute atomic E-state index is 0.239. The Kier molecular flexibility index (Phi) is 2.81. The fourth-order valence-electron chi connectivity index (χ4n) is 2.21. The molecule has 2 heterocycles. The summed E-state index contributed by atoms with van der Waals surface area (Å²) in [5, 5.41) is 1.60. The number of aromatic nitrogens is 2. The van der Waals surface area contributed by atoms with E-state index in [2.05, 4.69) is 27.6 Å². The van der Waals surface area contributed by atoms with Crippen LogP contribution in [0.3, 0.4) is 0 Å². The van der Waals surface area contributed by atoms with Crippen LogP contribution in [-0.4, -0.2) is 22.4 Å². The van der Waals surface area contributed by atoms with E-state index in [0.29, 0.717) is 11.7 Å². The number of fused-ring (bicyclic) bond motifs is 1. The minimum Gasteiger partial charge on any atom is -0.290 e. The standard InChI is InChI=1S/C13H15N5O2/c1-17-12(19)9-11(15-13(17)20)18(2)16-10(14-9)8-6-4-3-5-7-8/h4,6-7H,3,5H2,1-2H3,(H,14,16)(H,15,20). The van der Waals surface area contributed by atoms with E-state index in [1.165, 1.54) is 7.05 Å². The van der Waals surface area contributed by atoms with E-state index in [0.717, 1.165) is 23.0 Å². The first-order valence-electron chi connectivity index (χ1n) is 6.37. The van der Waals surface area contributed by atoms with Gasteiger partial charge >= 0.3 is 5.69 Å². The fraction of sp³-hybridized carbons (Fsp3) is 0.308. The van der Waals surface area contributed by atoms with Crippen LogP contribution in [0.1, 0.15) is 12.8 Å². The topological polar surface area (TPSA) is 82.5 Å². The summed E-state index contributed by atoms with van der Waals surface area (Å²) in [6.07, 6.45) is 8.08. The van der Waals surface area contributed by atoms with Crippen molar-refractivity contribution in [2.75, 3.05) is 12.1 Å². The van der Waals surface area contributed by atoms with E-state index in [1.54, 1.807) is 12.1 Å². The third-order valence-electron chi connectivity index (χ3n) is 3.36. The van der Waals surface area contributed by atoms with Crippen molar-refractivity contribution in [3.05, 3.63) is 44.6 Å². The van der Waals surface area contributed by atoms with Gasteiger partial charge in [0, 0.05) is 19.7 Å². The van der Waals surface area contributed by atoms with Gasteiger partial charge in [-0.25, -0.2) is 9.79 Å². The molecule has 1 aromatic rings. The summed E-state index contributed by atoms with van der Waals surface area (Å²) in [6, 6.07) is 0. The lowest BCUT2D eigenvalue weighted by molar-refractivity contribution is 0.745. The molecule has 1 aromatic heterocycles. The lowest BCUT2D eigenvalue weighted by Gasteiger charge is -2.28. The molecule has 0 bridgehead atoms. The molecule has 0 aromatic carbocycles. The highest BCUT2D eigenvalue weighted by atomic mass is 16.2. The van der Waals surface area contributed by atoms with Gasteiger partial charge in [0.1, 0.15) is 0 Å². The van der Waals surface area contributed by atoms with Crippen LogP contribution in [-0.2, 0) is 7.05 Å². The molecule has 0 unspecified atom stereocenters. The number of rotatable bonds is 1. The summed E-state index contributed by atoms with van der Waals surface area (Å²) in [6.45, 7) is 0. The number of hydrazine groups is 1. The maximum absolute atomic E-state index is 12.2. The summed E-state index contributed by atoms with van der Waals surface area (Å²) in [5.41, 5.74) is 3.38. The van der Waals surface area contributed by atoms with Crippen LogP contribution in [0.15, 0.2) is 38.4 Å². The van der Waals surface area contributed by atoms with Crippen LogP contribution >= 0.6 is 0 Å². The molecule has 1 aliphatic heterocycles. The number of nitrogens with zero attached hydrogens (tertiary/aromatic N) is 3. The molecule has 0 saturated carbocycles. The Labute approximate surface area is 114 Å². The molecule has 2 aliphatic rings. The quantitative estimate of drug-likeness (QED) is 0.772. The van der Waals surface area contributed by atoms with Crippen molar-refractivity contribution in [2.45, 2.75) is 12.8 Å². The summed E-state index contributed by atoms with van der Waals surface area (Å²) >= 11 is 0. The average Bonchev–Trinajstić information content (AvgIpc) is 2.47. The van der Waals surface area contributed by atoms with E-state index in [1.807, 2.05) is 6.08 Å². The van der Waals surface area contributed by atoms with E-state index >= 15 is 0 Å². The fourth-order valence-corrected chi connectivity index (χ4v) is 2.21. The molecular weight excluding hydrogens is 258 g/mol. The van der Waals surface area contributed by atoms with Crippen molar-refractivity contribution in [3.63, 3.8) is 0 Å². The van der Waals surface area contributed by atoms with Crippen molar-refractivity contribution >= 4 is 17.3 Å². The van der Waals surface area contributed by atoms with Crippen LogP contribution in [0, 0.1) is 0 Å². The zero-order chi connectivity index (χ0) is 14.3. The lowest BCUT2D eigenvalue weighted by atomic mass is 10.1. The summed E-state index contributed by atoms with van der Waals surface area (Å²) in [5.74, 6) is 0.988. The van der Waals surface area contributed by atoms with Gasteiger partial charge in [-0.3, -0.25) is 24.8 Å². The predicted octanol–water partition coefficient (Wildman–Crippen LogP) is 0.334. The van der Waals surface area contributed by atoms with Gasteiger partial charge in [0.2, 0.25) is 0 Å². The molecule has 1 aliphatic carbocycles. The second-order valence-corrected chi connectivity index (χ2v) is 4.76. The molecule has 0 atom stereocenters. The Balaban J connectivity index is 2.18. The second-order valence-electron chi connectivity index (χ2n) is 4.76. The molecular formula is C13H15N5O2. The number of hydrogen-bond acceptors (Lipinski definition) is 5. The number of allylic oxidation sites excluding steroid dienone is 2. The number of hydrogen-bond donors (Lipinski definition) is 2. The molecule has 7 heteroatoms. The monoisotopic (exact) mass is 273 g/mol. The average molecular weight is 273 g/mol. The minimum atomic E-state index is -0.460. The Bertz CT molecular complexity index is 766. The predicted molar refractivity (Wildman–Crippen MR) is 77.4 cm³/mol. The van der Waals surface area contributed by atoms with Crippen molar-refractivity contribution in [1.82, 2.24) is 15.0 Å². The number of aliphatic imine (C=N–C) groups is 1. The maximum atomic E-state index is 12.2. The molecule has 104 valence electrons.